The van der Waals surface area contributed by atoms with Crippen LogP contribution in [0, 0.1) is 0 Å². The van der Waals surface area contributed by atoms with Gasteiger partial charge in [-0.3, -0.25) is 4.79 Å². The number of fused-ring (bicyclic) bond motifs is 1. The van der Waals surface area contributed by atoms with Crippen LogP contribution in [0.4, 0.5) is 0 Å². The van der Waals surface area contributed by atoms with Crippen LogP contribution < -0.4 is 20.5 Å². The minimum Gasteiger partial charge on any atom is -0.454 e. The van der Waals surface area contributed by atoms with Crippen LogP contribution in [0.2, 0.25) is 0 Å². The Morgan fingerprint density at radius 2 is 2.20 bits per heavy atom. The van der Waals surface area contributed by atoms with Gasteiger partial charge < -0.3 is 20.5 Å². The van der Waals surface area contributed by atoms with Gasteiger partial charge in [-0.05, 0) is 29.1 Å². The fraction of sp³-hybridized carbons (Fsp3) is 0.214. The molecule has 20 heavy (non-hydrogen) atoms. The van der Waals surface area contributed by atoms with Crippen molar-refractivity contribution in [3.8, 4) is 11.5 Å². The van der Waals surface area contributed by atoms with E-state index >= 15 is 0 Å². The normalized spacial score (nSPS) is 14.1. The number of benzene rings is 1. The number of nitrogens with one attached hydrogen (secondary N) is 1. The molecule has 0 fully saturated rings. The Balaban J connectivity index is 1.60. The molecular weight excluding hydrogens is 276 g/mol. The zero-order valence-corrected chi connectivity index (χ0v) is 11.5. The maximum atomic E-state index is 12.0. The predicted octanol–water partition coefficient (Wildman–Crippen LogP) is 1.79. The van der Waals surface area contributed by atoms with Crippen LogP contribution in [0.5, 0.6) is 11.5 Å². The van der Waals surface area contributed by atoms with Crippen LogP contribution >= 0.6 is 11.3 Å². The summed E-state index contributed by atoms with van der Waals surface area (Å²) in [6, 6.07) is 8.71. The molecule has 2 heterocycles. The lowest BCUT2D eigenvalue weighted by atomic mass is 10.2. The van der Waals surface area contributed by atoms with Gasteiger partial charge in [0.15, 0.2) is 11.5 Å². The Bertz CT molecular complexity index is 613. The summed E-state index contributed by atoms with van der Waals surface area (Å²) in [7, 11) is 0. The number of hydrogen-bond acceptors (Lipinski definition) is 5. The Hall–Kier alpha value is -2.05. The van der Waals surface area contributed by atoms with Crippen LogP contribution in [0.25, 0.3) is 0 Å². The first kappa shape index (κ1) is 13.0. The van der Waals surface area contributed by atoms with Gasteiger partial charge >= 0.3 is 0 Å². The van der Waals surface area contributed by atoms with E-state index in [-0.39, 0.29) is 12.7 Å². The molecule has 0 aliphatic carbocycles. The summed E-state index contributed by atoms with van der Waals surface area (Å²) in [5.74, 6) is 1.25. The maximum absolute atomic E-state index is 12.0. The van der Waals surface area contributed by atoms with E-state index in [2.05, 4.69) is 5.32 Å². The molecule has 104 valence electrons. The van der Waals surface area contributed by atoms with Crippen molar-refractivity contribution in [3.63, 3.8) is 0 Å². The van der Waals surface area contributed by atoms with Crippen molar-refractivity contribution >= 4 is 17.2 Å². The van der Waals surface area contributed by atoms with Crippen LogP contribution in [0.15, 0.2) is 35.7 Å². The van der Waals surface area contributed by atoms with Gasteiger partial charge in [0.05, 0.1) is 0 Å². The maximum Gasteiger partial charge on any atom is 0.242 e. The van der Waals surface area contributed by atoms with E-state index in [0.29, 0.717) is 12.3 Å². The molecule has 2 aromatic rings. The molecular formula is C14H14N2O3S. The minimum absolute atomic E-state index is 0.190. The number of ether oxygens (including phenoxy) is 2. The molecule has 0 spiro atoms. The quantitative estimate of drug-likeness (QED) is 0.900. The van der Waals surface area contributed by atoms with E-state index in [9.17, 15) is 4.79 Å². The summed E-state index contributed by atoms with van der Waals surface area (Å²) in [6.45, 7) is 0.656. The van der Waals surface area contributed by atoms with E-state index in [1.807, 2.05) is 35.7 Å². The Labute approximate surface area is 120 Å². The highest BCUT2D eigenvalue weighted by Gasteiger charge is 2.17. The fourth-order valence-electron chi connectivity index (χ4n) is 1.95. The van der Waals surface area contributed by atoms with Gasteiger partial charge in [0, 0.05) is 11.4 Å². The van der Waals surface area contributed by atoms with Crippen molar-refractivity contribution in [3.05, 3.63) is 46.2 Å². The van der Waals surface area contributed by atoms with Crippen molar-refractivity contribution in [2.24, 2.45) is 5.73 Å². The smallest absolute Gasteiger partial charge is 0.242 e. The summed E-state index contributed by atoms with van der Waals surface area (Å²) in [6.07, 6.45) is 0. The lowest BCUT2D eigenvalue weighted by molar-refractivity contribution is -0.122. The lowest BCUT2D eigenvalue weighted by Gasteiger charge is -2.11. The molecule has 1 aliphatic rings. The summed E-state index contributed by atoms with van der Waals surface area (Å²) in [5, 5.41) is 4.73. The Morgan fingerprint density at radius 1 is 1.35 bits per heavy atom. The van der Waals surface area contributed by atoms with Gasteiger partial charge in [-0.25, -0.2) is 0 Å². The summed E-state index contributed by atoms with van der Waals surface area (Å²) in [5.41, 5.74) is 6.84. The first-order chi connectivity index (χ1) is 9.74. The van der Waals surface area contributed by atoms with E-state index < -0.39 is 6.04 Å². The van der Waals surface area contributed by atoms with Crippen molar-refractivity contribution < 1.29 is 14.3 Å². The highest BCUT2D eigenvalue weighted by atomic mass is 32.1. The molecule has 1 atom stereocenters. The number of nitrogens with two attached hydrogens (primary N) is 1. The zero-order valence-electron chi connectivity index (χ0n) is 10.7. The van der Waals surface area contributed by atoms with Gasteiger partial charge in [0.2, 0.25) is 12.7 Å². The molecule has 5 nitrogen and oxygen atoms in total. The molecule has 3 rings (SSSR count). The molecule has 1 aliphatic heterocycles. The molecule has 0 saturated heterocycles. The second-order valence-corrected chi connectivity index (χ2v) is 5.38. The van der Waals surface area contributed by atoms with E-state index in [1.165, 1.54) is 11.3 Å². The molecule has 1 amide bonds. The number of carbonyl (C=O) groups is 1. The standard InChI is InChI=1S/C14H14N2O3S/c15-13(12-2-1-5-20-12)14(17)16-7-9-3-4-10-11(6-9)19-8-18-10/h1-6,13H,7-8,15H2,(H,16,17). The third-order valence-corrected chi connectivity index (χ3v) is 3.99. The van der Waals surface area contributed by atoms with E-state index in [0.717, 1.165) is 16.2 Å². The Morgan fingerprint density at radius 3 is 3.00 bits per heavy atom. The van der Waals surface area contributed by atoms with Crippen molar-refractivity contribution in [2.75, 3.05) is 6.79 Å². The van der Waals surface area contributed by atoms with Gasteiger partial charge in [-0.15, -0.1) is 11.3 Å². The average molecular weight is 290 g/mol. The molecule has 1 aromatic carbocycles. The largest absolute Gasteiger partial charge is 0.454 e. The van der Waals surface area contributed by atoms with Crippen molar-refractivity contribution in [1.82, 2.24) is 5.32 Å². The number of carbonyl (C=O) groups excluding carboxylic acids is 1. The fourth-order valence-corrected chi connectivity index (χ4v) is 2.67. The predicted molar refractivity (Wildman–Crippen MR) is 75.7 cm³/mol. The minimum atomic E-state index is -0.621. The SMILES string of the molecule is NC(C(=O)NCc1ccc2c(c1)OCO2)c1cccs1. The molecule has 1 unspecified atom stereocenters. The average Bonchev–Trinajstić information content (AvgIpc) is 3.13. The molecule has 0 bridgehead atoms. The topological polar surface area (TPSA) is 73.6 Å². The van der Waals surface area contributed by atoms with Crippen molar-refractivity contribution in [1.29, 1.82) is 0 Å². The van der Waals surface area contributed by atoms with Gasteiger partial charge in [-0.2, -0.15) is 0 Å². The van der Waals surface area contributed by atoms with E-state index in [4.69, 9.17) is 15.2 Å². The third kappa shape index (κ3) is 2.61. The molecule has 3 N–H and O–H groups in total. The van der Waals surface area contributed by atoms with Crippen LogP contribution in [0.1, 0.15) is 16.5 Å². The monoisotopic (exact) mass is 290 g/mol. The summed E-state index contributed by atoms with van der Waals surface area (Å²) < 4.78 is 10.5. The zero-order chi connectivity index (χ0) is 13.9. The Kier molecular flexibility index (Phi) is 3.58. The number of amides is 1. The van der Waals surface area contributed by atoms with Crippen LogP contribution in [-0.2, 0) is 11.3 Å². The number of rotatable bonds is 4. The number of hydrogen-bond donors (Lipinski definition) is 2. The third-order valence-electron chi connectivity index (χ3n) is 3.04. The first-order valence-electron chi connectivity index (χ1n) is 6.19. The lowest BCUT2D eigenvalue weighted by Crippen LogP contribution is -2.33. The highest BCUT2D eigenvalue weighted by molar-refractivity contribution is 7.10. The van der Waals surface area contributed by atoms with Gasteiger partial charge in [0.1, 0.15) is 6.04 Å². The van der Waals surface area contributed by atoms with Gasteiger partial charge in [0.25, 0.3) is 0 Å². The second-order valence-electron chi connectivity index (χ2n) is 4.40. The van der Waals surface area contributed by atoms with Crippen LogP contribution in [0.3, 0.4) is 0 Å². The molecule has 6 heteroatoms. The summed E-state index contributed by atoms with van der Waals surface area (Å²) in [4.78, 5) is 12.8. The van der Waals surface area contributed by atoms with Crippen LogP contribution in [-0.4, -0.2) is 12.7 Å². The molecule has 0 radical (unpaired) electrons. The first-order valence-corrected chi connectivity index (χ1v) is 7.07. The summed E-state index contributed by atoms with van der Waals surface area (Å²) >= 11 is 1.47. The van der Waals surface area contributed by atoms with E-state index in [1.54, 1.807) is 0 Å². The van der Waals surface area contributed by atoms with Gasteiger partial charge in [-0.1, -0.05) is 12.1 Å². The molecule has 1 aromatic heterocycles. The van der Waals surface area contributed by atoms with Crippen molar-refractivity contribution in [2.45, 2.75) is 12.6 Å². The highest BCUT2D eigenvalue weighted by Crippen LogP contribution is 2.32. The second kappa shape index (κ2) is 5.52. The molecule has 0 saturated carbocycles. The number of thiophene rings is 1.